The third-order valence-electron chi connectivity index (χ3n) is 5.79. The SMILES string of the molecule is CCOC(=O)C1=C(CN2CCC[C@H](C(=O)OCC)C2)N(C)C(=O)N[C@H]1c1ccccc1Cl. The van der Waals surface area contributed by atoms with Gasteiger partial charge in [-0.25, -0.2) is 9.59 Å². The number of halogens is 1. The Morgan fingerprint density at radius 1 is 1.19 bits per heavy atom. The molecule has 32 heavy (non-hydrogen) atoms. The van der Waals surface area contributed by atoms with Crippen molar-refractivity contribution in [1.82, 2.24) is 15.1 Å². The summed E-state index contributed by atoms with van der Waals surface area (Å²) >= 11 is 6.41. The van der Waals surface area contributed by atoms with E-state index in [1.54, 1.807) is 39.1 Å². The Kier molecular flexibility index (Phi) is 8.15. The Morgan fingerprint density at radius 3 is 2.59 bits per heavy atom. The van der Waals surface area contributed by atoms with Gasteiger partial charge in [0.25, 0.3) is 0 Å². The molecule has 0 radical (unpaired) electrons. The zero-order chi connectivity index (χ0) is 23.3. The molecule has 0 unspecified atom stereocenters. The third kappa shape index (κ3) is 5.24. The minimum Gasteiger partial charge on any atom is -0.466 e. The molecule has 0 spiro atoms. The number of benzene rings is 1. The van der Waals surface area contributed by atoms with E-state index in [-0.39, 0.29) is 24.5 Å². The summed E-state index contributed by atoms with van der Waals surface area (Å²) in [6.07, 6.45) is 1.59. The summed E-state index contributed by atoms with van der Waals surface area (Å²) in [6, 6.07) is 6.04. The predicted octanol–water partition coefficient (Wildman–Crippen LogP) is 3.13. The van der Waals surface area contributed by atoms with Gasteiger partial charge in [-0.3, -0.25) is 14.6 Å². The van der Waals surface area contributed by atoms with E-state index in [4.69, 9.17) is 21.1 Å². The Morgan fingerprint density at radius 2 is 1.91 bits per heavy atom. The second-order valence-corrected chi connectivity index (χ2v) is 8.28. The van der Waals surface area contributed by atoms with Gasteiger partial charge in [-0.05, 0) is 44.9 Å². The maximum Gasteiger partial charge on any atom is 0.338 e. The zero-order valence-corrected chi connectivity index (χ0v) is 19.5. The number of likely N-dealkylation sites (N-methyl/N-ethyl adjacent to an activating group) is 1. The fourth-order valence-electron chi connectivity index (χ4n) is 4.20. The van der Waals surface area contributed by atoms with Gasteiger partial charge in [0.1, 0.15) is 0 Å². The molecule has 0 saturated carbocycles. The smallest absolute Gasteiger partial charge is 0.338 e. The van der Waals surface area contributed by atoms with Crippen LogP contribution in [0.2, 0.25) is 5.02 Å². The molecular formula is C23H30ClN3O5. The summed E-state index contributed by atoms with van der Waals surface area (Å²) < 4.78 is 10.6. The van der Waals surface area contributed by atoms with Crippen LogP contribution in [0, 0.1) is 5.92 Å². The second-order valence-electron chi connectivity index (χ2n) is 7.87. The highest BCUT2D eigenvalue weighted by molar-refractivity contribution is 6.31. The number of piperidine rings is 1. The van der Waals surface area contributed by atoms with Gasteiger partial charge in [0, 0.05) is 30.9 Å². The number of esters is 2. The lowest BCUT2D eigenvalue weighted by Crippen LogP contribution is -2.50. The second kappa shape index (κ2) is 10.8. The van der Waals surface area contributed by atoms with Crippen LogP contribution >= 0.6 is 11.6 Å². The molecule has 1 fully saturated rings. The van der Waals surface area contributed by atoms with E-state index in [0.29, 0.717) is 41.6 Å². The first-order valence-corrected chi connectivity index (χ1v) is 11.3. The molecule has 0 aromatic heterocycles. The van der Waals surface area contributed by atoms with Crippen LogP contribution in [0.4, 0.5) is 4.79 Å². The summed E-state index contributed by atoms with van der Waals surface area (Å²) in [6.45, 7) is 5.66. The van der Waals surface area contributed by atoms with Crippen LogP contribution in [0.5, 0.6) is 0 Å². The number of likely N-dealkylation sites (tertiary alicyclic amines) is 1. The lowest BCUT2D eigenvalue weighted by atomic mass is 9.93. The molecule has 2 heterocycles. The van der Waals surface area contributed by atoms with Crippen molar-refractivity contribution in [1.29, 1.82) is 0 Å². The normalized spacial score (nSPS) is 21.9. The molecule has 2 aliphatic heterocycles. The van der Waals surface area contributed by atoms with Crippen LogP contribution in [0.1, 0.15) is 38.3 Å². The predicted molar refractivity (Wildman–Crippen MR) is 120 cm³/mol. The first kappa shape index (κ1) is 24.1. The van der Waals surface area contributed by atoms with Crippen molar-refractivity contribution in [2.75, 3.05) is 39.9 Å². The van der Waals surface area contributed by atoms with Crippen LogP contribution < -0.4 is 5.32 Å². The Bertz CT molecular complexity index is 903. The van der Waals surface area contributed by atoms with E-state index >= 15 is 0 Å². The number of nitrogens with one attached hydrogen (secondary N) is 1. The number of rotatable bonds is 7. The molecule has 0 bridgehead atoms. The zero-order valence-electron chi connectivity index (χ0n) is 18.7. The van der Waals surface area contributed by atoms with E-state index in [9.17, 15) is 14.4 Å². The average Bonchev–Trinajstić information content (AvgIpc) is 2.77. The van der Waals surface area contributed by atoms with Gasteiger partial charge < -0.3 is 14.8 Å². The lowest BCUT2D eigenvalue weighted by molar-refractivity contribution is -0.150. The van der Waals surface area contributed by atoms with E-state index < -0.39 is 12.0 Å². The first-order chi connectivity index (χ1) is 15.4. The standard InChI is InChI=1S/C23H30ClN3O5/c1-4-31-21(28)15-9-8-12-27(13-15)14-18-19(22(29)32-5-2)20(25-23(30)26(18)3)16-10-6-7-11-17(16)24/h6-7,10-11,15,20H,4-5,8-9,12-14H2,1-3H3,(H,25,30)/t15-,20-/m0/s1. The molecule has 2 aliphatic rings. The summed E-state index contributed by atoms with van der Waals surface area (Å²) in [4.78, 5) is 41.7. The van der Waals surface area contributed by atoms with Crippen LogP contribution in [-0.2, 0) is 19.1 Å². The molecule has 0 aliphatic carbocycles. The van der Waals surface area contributed by atoms with Gasteiger partial charge in [0.15, 0.2) is 0 Å². The summed E-state index contributed by atoms with van der Waals surface area (Å²) in [5.41, 5.74) is 1.51. The average molecular weight is 464 g/mol. The summed E-state index contributed by atoms with van der Waals surface area (Å²) in [5.74, 6) is -0.934. The molecular weight excluding hydrogens is 434 g/mol. The quantitative estimate of drug-likeness (QED) is 0.625. The lowest BCUT2D eigenvalue weighted by Gasteiger charge is -2.38. The molecule has 174 valence electrons. The molecule has 8 nitrogen and oxygen atoms in total. The van der Waals surface area contributed by atoms with Crippen molar-refractivity contribution < 1.29 is 23.9 Å². The number of hydrogen-bond acceptors (Lipinski definition) is 6. The van der Waals surface area contributed by atoms with Gasteiger partial charge in [-0.15, -0.1) is 0 Å². The number of carbonyl (C=O) groups excluding carboxylic acids is 3. The van der Waals surface area contributed by atoms with Gasteiger partial charge in [-0.2, -0.15) is 0 Å². The van der Waals surface area contributed by atoms with Gasteiger partial charge in [0.2, 0.25) is 0 Å². The van der Waals surface area contributed by atoms with Crippen molar-refractivity contribution in [3.63, 3.8) is 0 Å². The maximum atomic E-state index is 13.1. The van der Waals surface area contributed by atoms with Crippen LogP contribution in [0.25, 0.3) is 0 Å². The molecule has 2 amide bonds. The molecule has 1 aromatic rings. The largest absolute Gasteiger partial charge is 0.466 e. The molecule has 1 saturated heterocycles. The first-order valence-electron chi connectivity index (χ1n) is 10.9. The third-order valence-corrected chi connectivity index (χ3v) is 6.13. The van der Waals surface area contributed by atoms with E-state index in [1.165, 1.54) is 4.90 Å². The molecule has 1 aromatic carbocycles. The van der Waals surface area contributed by atoms with E-state index in [0.717, 1.165) is 19.4 Å². The summed E-state index contributed by atoms with van der Waals surface area (Å²) in [7, 11) is 1.62. The highest BCUT2D eigenvalue weighted by atomic mass is 35.5. The maximum absolute atomic E-state index is 13.1. The molecule has 9 heteroatoms. The van der Waals surface area contributed by atoms with Gasteiger partial charge in [0.05, 0.1) is 30.7 Å². The minimum absolute atomic E-state index is 0.206. The number of hydrogen-bond donors (Lipinski definition) is 1. The number of urea groups is 1. The monoisotopic (exact) mass is 463 g/mol. The van der Waals surface area contributed by atoms with Gasteiger partial charge in [-0.1, -0.05) is 29.8 Å². The van der Waals surface area contributed by atoms with Crippen molar-refractivity contribution in [3.05, 3.63) is 46.1 Å². The minimum atomic E-state index is -0.730. The fraction of sp³-hybridized carbons (Fsp3) is 0.522. The van der Waals surface area contributed by atoms with Gasteiger partial charge >= 0.3 is 18.0 Å². The highest BCUT2D eigenvalue weighted by Gasteiger charge is 2.39. The van der Waals surface area contributed by atoms with Crippen molar-refractivity contribution in [2.24, 2.45) is 5.92 Å². The number of nitrogens with zero attached hydrogens (tertiary/aromatic N) is 2. The van der Waals surface area contributed by atoms with Crippen LogP contribution in [0.3, 0.4) is 0 Å². The molecule has 1 N–H and O–H groups in total. The van der Waals surface area contributed by atoms with Crippen LogP contribution in [-0.4, -0.2) is 67.7 Å². The Balaban J connectivity index is 1.98. The van der Waals surface area contributed by atoms with Crippen LogP contribution in [0.15, 0.2) is 35.5 Å². The Hall–Kier alpha value is -2.58. The molecule has 3 rings (SSSR count). The Labute approximate surface area is 193 Å². The number of carbonyl (C=O) groups is 3. The van der Waals surface area contributed by atoms with Crippen molar-refractivity contribution in [2.45, 2.75) is 32.7 Å². The molecule has 2 atom stereocenters. The highest BCUT2D eigenvalue weighted by Crippen LogP contribution is 2.35. The topological polar surface area (TPSA) is 88.2 Å². The number of ether oxygens (including phenoxy) is 2. The van der Waals surface area contributed by atoms with E-state index in [1.807, 2.05) is 6.07 Å². The fourth-order valence-corrected chi connectivity index (χ4v) is 4.45. The van der Waals surface area contributed by atoms with Crippen molar-refractivity contribution in [3.8, 4) is 0 Å². The van der Waals surface area contributed by atoms with E-state index in [2.05, 4.69) is 10.2 Å². The van der Waals surface area contributed by atoms with Crippen molar-refractivity contribution >= 4 is 29.6 Å². The summed E-state index contributed by atoms with van der Waals surface area (Å²) in [5, 5.41) is 3.32. The number of amides is 2.